The molecule has 1 fully saturated rings. The highest BCUT2D eigenvalue weighted by atomic mass is 16.7. The third kappa shape index (κ3) is 3.31. The monoisotopic (exact) mass is 249 g/mol. The molecule has 2 rings (SSSR count). The van der Waals surface area contributed by atoms with E-state index in [0.717, 1.165) is 19.3 Å². The number of benzene rings is 1. The zero-order chi connectivity index (χ0) is 13.0. The number of nitrogens with one attached hydrogen (secondary N) is 1. The van der Waals surface area contributed by atoms with Crippen molar-refractivity contribution in [2.75, 3.05) is 0 Å². The lowest BCUT2D eigenvalue weighted by molar-refractivity contribution is -0.147. The minimum absolute atomic E-state index is 0.0759. The van der Waals surface area contributed by atoms with Gasteiger partial charge in [0, 0.05) is 0 Å². The van der Waals surface area contributed by atoms with E-state index in [1.807, 2.05) is 6.07 Å². The number of carbonyl (C=O) groups excluding carboxylic acids is 1. The summed E-state index contributed by atoms with van der Waals surface area (Å²) in [6.45, 7) is 2.17. The molecule has 0 saturated heterocycles. The van der Waals surface area contributed by atoms with E-state index in [4.69, 9.17) is 4.84 Å². The Kier molecular flexibility index (Phi) is 4.33. The Balaban J connectivity index is 1.81. The lowest BCUT2D eigenvalue weighted by atomic mass is 10.1. The van der Waals surface area contributed by atoms with Gasteiger partial charge in [-0.15, -0.1) is 0 Å². The minimum atomic E-state index is -1.18. The van der Waals surface area contributed by atoms with Crippen molar-refractivity contribution in [3.63, 3.8) is 0 Å². The summed E-state index contributed by atoms with van der Waals surface area (Å²) in [6.07, 6.45) is 1.95. The zero-order valence-corrected chi connectivity index (χ0v) is 10.5. The summed E-state index contributed by atoms with van der Waals surface area (Å²) in [5.74, 6) is 0.131. The Morgan fingerprint density at radius 1 is 1.39 bits per heavy atom. The molecular formula is C14H19NO3. The van der Waals surface area contributed by atoms with Crippen molar-refractivity contribution in [1.29, 1.82) is 0 Å². The summed E-state index contributed by atoms with van der Waals surface area (Å²) in [4.78, 5) is 17.0. The fraction of sp³-hybridized carbons (Fsp3) is 0.500. The largest absolute Gasteiger partial charge is 0.378 e. The molecule has 3 atom stereocenters. The van der Waals surface area contributed by atoms with Gasteiger partial charge in [0.25, 0.3) is 5.91 Å². The molecule has 18 heavy (non-hydrogen) atoms. The Hall–Kier alpha value is -1.39. The predicted octanol–water partition coefficient (Wildman–Crippen LogP) is 1.96. The van der Waals surface area contributed by atoms with Crippen LogP contribution >= 0.6 is 0 Å². The van der Waals surface area contributed by atoms with E-state index < -0.39 is 12.0 Å². The van der Waals surface area contributed by atoms with Crippen LogP contribution in [-0.4, -0.2) is 17.1 Å². The summed E-state index contributed by atoms with van der Waals surface area (Å²) >= 11 is 0. The third-order valence-electron chi connectivity index (χ3n) is 3.34. The fourth-order valence-electron chi connectivity index (χ4n) is 2.25. The highest BCUT2D eigenvalue weighted by Gasteiger charge is 2.24. The lowest BCUT2D eigenvalue weighted by Crippen LogP contribution is -2.32. The molecule has 0 bridgehead atoms. The first-order valence-electron chi connectivity index (χ1n) is 6.35. The summed E-state index contributed by atoms with van der Waals surface area (Å²) in [5.41, 5.74) is 2.92. The SMILES string of the molecule is C[C@H]1CC[C@@H](ONC(=O)[C@H](O)c2ccccc2)C1. The van der Waals surface area contributed by atoms with E-state index in [0.29, 0.717) is 11.5 Å². The molecule has 1 aliphatic carbocycles. The summed E-state index contributed by atoms with van der Waals surface area (Å²) in [5, 5.41) is 9.82. The van der Waals surface area contributed by atoms with Gasteiger partial charge in [0.2, 0.25) is 0 Å². The summed E-state index contributed by atoms with van der Waals surface area (Å²) in [7, 11) is 0. The van der Waals surface area contributed by atoms with E-state index in [1.54, 1.807) is 24.3 Å². The quantitative estimate of drug-likeness (QED) is 0.802. The molecule has 1 amide bonds. The van der Waals surface area contributed by atoms with Crippen molar-refractivity contribution < 1.29 is 14.7 Å². The van der Waals surface area contributed by atoms with Gasteiger partial charge in [-0.2, -0.15) is 0 Å². The maximum Gasteiger partial charge on any atom is 0.276 e. The smallest absolute Gasteiger partial charge is 0.276 e. The molecule has 0 spiro atoms. The van der Waals surface area contributed by atoms with Crippen LogP contribution in [0.3, 0.4) is 0 Å². The van der Waals surface area contributed by atoms with Crippen molar-refractivity contribution in [2.45, 2.75) is 38.4 Å². The van der Waals surface area contributed by atoms with Crippen LogP contribution in [-0.2, 0) is 9.63 Å². The van der Waals surface area contributed by atoms with Gasteiger partial charge < -0.3 is 5.11 Å². The van der Waals surface area contributed by atoms with Gasteiger partial charge in [0.05, 0.1) is 6.10 Å². The molecule has 1 aliphatic rings. The number of rotatable bonds is 4. The van der Waals surface area contributed by atoms with Crippen LogP contribution < -0.4 is 5.48 Å². The summed E-state index contributed by atoms with van der Waals surface area (Å²) in [6, 6.07) is 8.82. The number of hydrogen-bond donors (Lipinski definition) is 2. The van der Waals surface area contributed by atoms with Gasteiger partial charge in [-0.25, -0.2) is 5.48 Å². The number of hydroxylamine groups is 1. The van der Waals surface area contributed by atoms with Gasteiger partial charge >= 0.3 is 0 Å². The number of carbonyl (C=O) groups is 1. The maximum atomic E-state index is 11.7. The van der Waals surface area contributed by atoms with E-state index in [9.17, 15) is 9.90 Å². The molecule has 4 heteroatoms. The van der Waals surface area contributed by atoms with Crippen molar-refractivity contribution in [2.24, 2.45) is 5.92 Å². The Morgan fingerprint density at radius 2 is 2.11 bits per heavy atom. The number of hydrogen-bond acceptors (Lipinski definition) is 3. The summed E-state index contributed by atoms with van der Waals surface area (Å²) < 4.78 is 0. The first-order chi connectivity index (χ1) is 8.66. The van der Waals surface area contributed by atoms with Crippen molar-refractivity contribution >= 4 is 5.91 Å². The molecule has 0 aromatic heterocycles. The number of aliphatic hydroxyl groups excluding tert-OH is 1. The number of amides is 1. The van der Waals surface area contributed by atoms with E-state index in [1.165, 1.54) is 0 Å². The molecule has 0 heterocycles. The van der Waals surface area contributed by atoms with Crippen molar-refractivity contribution in [3.05, 3.63) is 35.9 Å². The van der Waals surface area contributed by atoms with Gasteiger partial charge in [0.15, 0.2) is 6.10 Å². The fourth-order valence-corrected chi connectivity index (χ4v) is 2.25. The second-order valence-corrected chi connectivity index (χ2v) is 4.94. The topological polar surface area (TPSA) is 58.6 Å². The van der Waals surface area contributed by atoms with E-state index >= 15 is 0 Å². The van der Waals surface area contributed by atoms with Gasteiger partial charge in [-0.1, -0.05) is 37.3 Å². The third-order valence-corrected chi connectivity index (χ3v) is 3.34. The molecule has 1 aromatic rings. The van der Waals surface area contributed by atoms with Crippen LogP contribution in [0.25, 0.3) is 0 Å². The van der Waals surface area contributed by atoms with Gasteiger partial charge in [-0.05, 0) is 30.7 Å². The van der Waals surface area contributed by atoms with E-state index in [2.05, 4.69) is 12.4 Å². The molecule has 4 nitrogen and oxygen atoms in total. The zero-order valence-electron chi connectivity index (χ0n) is 10.5. The average Bonchev–Trinajstić information content (AvgIpc) is 2.82. The molecule has 0 aliphatic heterocycles. The van der Waals surface area contributed by atoms with Crippen LogP contribution in [0.5, 0.6) is 0 Å². The van der Waals surface area contributed by atoms with Crippen molar-refractivity contribution in [3.8, 4) is 0 Å². The molecule has 2 N–H and O–H groups in total. The van der Waals surface area contributed by atoms with Gasteiger partial charge in [0.1, 0.15) is 0 Å². The molecular weight excluding hydrogens is 230 g/mol. The Morgan fingerprint density at radius 3 is 2.72 bits per heavy atom. The van der Waals surface area contributed by atoms with E-state index in [-0.39, 0.29) is 6.10 Å². The lowest BCUT2D eigenvalue weighted by Gasteiger charge is -2.15. The molecule has 98 valence electrons. The second-order valence-electron chi connectivity index (χ2n) is 4.94. The average molecular weight is 249 g/mol. The minimum Gasteiger partial charge on any atom is -0.378 e. The van der Waals surface area contributed by atoms with Crippen LogP contribution in [0.2, 0.25) is 0 Å². The molecule has 0 radical (unpaired) electrons. The second kappa shape index (κ2) is 5.98. The highest BCUT2D eigenvalue weighted by Crippen LogP contribution is 2.26. The Labute approximate surface area is 107 Å². The standard InChI is InChI=1S/C14H19NO3/c1-10-7-8-12(9-10)18-15-14(17)13(16)11-5-3-2-4-6-11/h2-6,10,12-13,16H,7-9H2,1H3,(H,15,17)/t10-,12+,13+/m0/s1. The molecule has 1 saturated carbocycles. The van der Waals surface area contributed by atoms with Crippen LogP contribution in [0.15, 0.2) is 30.3 Å². The first kappa shape index (κ1) is 13.1. The normalized spacial score (nSPS) is 24.8. The van der Waals surface area contributed by atoms with Gasteiger partial charge in [-0.3, -0.25) is 9.63 Å². The maximum absolute atomic E-state index is 11.7. The molecule has 1 aromatic carbocycles. The van der Waals surface area contributed by atoms with Crippen LogP contribution in [0, 0.1) is 5.92 Å². The first-order valence-corrected chi connectivity index (χ1v) is 6.35. The number of aliphatic hydroxyl groups is 1. The van der Waals surface area contributed by atoms with Crippen LogP contribution in [0.4, 0.5) is 0 Å². The van der Waals surface area contributed by atoms with Crippen LogP contribution in [0.1, 0.15) is 37.9 Å². The van der Waals surface area contributed by atoms with Crippen molar-refractivity contribution in [1.82, 2.24) is 5.48 Å². The highest BCUT2D eigenvalue weighted by molar-refractivity contribution is 5.80. The predicted molar refractivity (Wildman–Crippen MR) is 67.4 cm³/mol. The Bertz CT molecular complexity index is 393. The molecule has 0 unspecified atom stereocenters.